The van der Waals surface area contributed by atoms with Crippen LogP contribution in [0.3, 0.4) is 0 Å². The minimum Gasteiger partial charge on any atom is -0.492 e. The third-order valence-corrected chi connectivity index (χ3v) is 5.39. The van der Waals surface area contributed by atoms with Gasteiger partial charge in [-0.3, -0.25) is 0 Å². The monoisotopic (exact) mass is 377 g/mol. The van der Waals surface area contributed by atoms with Crippen molar-refractivity contribution in [1.82, 2.24) is 4.72 Å². The van der Waals surface area contributed by atoms with E-state index >= 15 is 0 Å². The van der Waals surface area contributed by atoms with Gasteiger partial charge >= 0.3 is 5.97 Å². The molecule has 0 bridgehead atoms. The highest BCUT2D eigenvalue weighted by Crippen LogP contribution is 2.17. The topological polar surface area (TPSA) is 81.7 Å². The van der Waals surface area contributed by atoms with Crippen LogP contribution in [0.15, 0.2) is 47.4 Å². The van der Waals surface area contributed by atoms with Crippen LogP contribution >= 0.6 is 0 Å². The Labute approximate surface area is 154 Å². The Bertz CT molecular complexity index is 875. The highest BCUT2D eigenvalue weighted by atomic mass is 32.2. The van der Waals surface area contributed by atoms with Gasteiger partial charge in [-0.1, -0.05) is 23.8 Å². The van der Waals surface area contributed by atoms with Gasteiger partial charge in [0.05, 0.1) is 23.6 Å². The molecule has 0 amide bonds. The first-order valence-corrected chi connectivity index (χ1v) is 9.62. The molecule has 0 radical (unpaired) electrons. The molecule has 26 heavy (non-hydrogen) atoms. The Morgan fingerprint density at radius 1 is 1.12 bits per heavy atom. The minimum absolute atomic E-state index is 0.00526. The van der Waals surface area contributed by atoms with E-state index in [9.17, 15) is 13.2 Å². The molecule has 0 saturated carbocycles. The number of esters is 1. The third kappa shape index (κ3) is 5.06. The van der Waals surface area contributed by atoms with Gasteiger partial charge in [0.15, 0.2) is 0 Å². The van der Waals surface area contributed by atoms with Gasteiger partial charge in [-0.15, -0.1) is 0 Å². The van der Waals surface area contributed by atoms with Crippen molar-refractivity contribution in [3.05, 3.63) is 59.2 Å². The molecule has 0 spiro atoms. The van der Waals surface area contributed by atoms with Crippen LogP contribution in [0.25, 0.3) is 0 Å². The van der Waals surface area contributed by atoms with E-state index in [-0.39, 0.29) is 17.1 Å². The molecule has 1 unspecified atom stereocenters. The molecule has 0 aliphatic rings. The maximum atomic E-state index is 12.6. The van der Waals surface area contributed by atoms with E-state index in [4.69, 9.17) is 4.74 Å². The van der Waals surface area contributed by atoms with Gasteiger partial charge in [0.1, 0.15) is 12.4 Å². The van der Waals surface area contributed by atoms with Gasteiger partial charge in [0, 0.05) is 0 Å². The van der Waals surface area contributed by atoms with Crippen molar-refractivity contribution in [2.24, 2.45) is 0 Å². The number of ether oxygens (including phenoxy) is 2. The molecule has 0 aliphatic carbocycles. The average molecular weight is 377 g/mol. The number of nitrogens with one attached hydrogen (secondary N) is 1. The Balaban J connectivity index is 2.07. The second-order valence-corrected chi connectivity index (χ2v) is 7.83. The van der Waals surface area contributed by atoms with Crippen LogP contribution in [0.1, 0.15) is 28.4 Å². The van der Waals surface area contributed by atoms with Crippen LogP contribution < -0.4 is 9.46 Å². The maximum Gasteiger partial charge on any atom is 0.338 e. The second kappa shape index (κ2) is 8.33. The van der Waals surface area contributed by atoms with Crippen LogP contribution in [0, 0.1) is 13.8 Å². The van der Waals surface area contributed by atoms with Crippen LogP contribution in [0.4, 0.5) is 0 Å². The summed E-state index contributed by atoms with van der Waals surface area (Å²) in [5.41, 5.74) is 1.98. The number of benzene rings is 2. The Hall–Kier alpha value is -2.38. The van der Waals surface area contributed by atoms with Crippen molar-refractivity contribution >= 4 is 16.0 Å². The Kier molecular flexibility index (Phi) is 6.39. The molecule has 2 aromatic carbocycles. The quantitative estimate of drug-likeness (QED) is 0.751. The van der Waals surface area contributed by atoms with Gasteiger partial charge in [-0.05, 0) is 50.6 Å². The zero-order valence-electron chi connectivity index (χ0n) is 15.3. The normalized spacial score (nSPS) is 12.5. The number of hydrogen-bond acceptors (Lipinski definition) is 5. The molecule has 2 rings (SSSR count). The molecule has 1 atom stereocenters. The molecule has 140 valence electrons. The largest absolute Gasteiger partial charge is 0.492 e. The summed E-state index contributed by atoms with van der Waals surface area (Å²) in [6, 6.07) is 11.4. The molecule has 0 heterocycles. The fourth-order valence-electron chi connectivity index (χ4n) is 2.32. The summed E-state index contributed by atoms with van der Waals surface area (Å²) < 4.78 is 38.0. The Morgan fingerprint density at radius 2 is 1.77 bits per heavy atom. The zero-order chi connectivity index (χ0) is 19.3. The van der Waals surface area contributed by atoms with E-state index in [1.54, 1.807) is 19.9 Å². The van der Waals surface area contributed by atoms with Crippen molar-refractivity contribution in [1.29, 1.82) is 0 Å². The molecule has 0 aromatic heterocycles. The van der Waals surface area contributed by atoms with Crippen LogP contribution in [-0.4, -0.2) is 34.1 Å². The zero-order valence-corrected chi connectivity index (χ0v) is 16.1. The molecular weight excluding hydrogens is 354 g/mol. The van der Waals surface area contributed by atoms with E-state index in [0.717, 1.165) is 5.56 Å². The molecule has 7 heteroatoms. The SMILES string of the molecule is COC(=O)c1cc(S(=O)(=O)NC(C)COc2ccc(C)cc2)ccc1C. The van der Waals surface area contributed by atoms with Crippen LogP contribution in [-0.2, 0) is 14.8 Å². The molecular formula is C19H23NO5S. The molecule has 0 aliphatic heterocycles. The van der Waals surface area contributed by atoms with E-state index in [2.05, 4.69) is 9.46 Å². The molecule has 0 fully saturated rings. The van der Waals surface area contributed by atoms with E-state index in [1.165, 1.54) is 19.2 Å². The molecule has 1 N–H and O–H groups in total. The van der Waals surface area contributed by atoms with Crippen molar-refractivity contribution in [3.8, 4) is 5.75 Å². The smallest absolute Gasteiger partial charge is 0.338 e. The van der Waals surface area contributed by atoms with Gasteiger partial charge < -0.3 is 9.47 Å². The van der Waals surface area contributed by atoms with Crippen molar-refractivity contribution < 1.29 is 22.7 Å². The predicted molar refractivity (Wildman–Crippen MR) is 99.0 cm³/mol. The number of carbonyl (C=O) groups excluding carboxylic acids is 1. The molecule has 0 saturated heterocycles. The number of aryl methyl sites for hydroxylation is 2. The molecule has 2 aromatic rings. The van der Waals surface area contributed by atoms with Gasteiger partial charge in [-0.25, -0.2) is 17.9 Å². The van der Waals surface area contributed by atoms with Crippen LogP contribution in [0.2, 0.25) is 0 Å². The Morgan fingerprint density at radius 3 is 2.38 bits per heavy atom. The summed E-state index contributed by atoms with van der Waals surface area (Å²) in [6.45, 7) is 5.58. The fraction of sp³-hybridized carbons (Fsp3) is 0.316. The number of hydrogen-bond donors (Lipinski definition) is 1. The first kappa shape index (κ1) is 19.9. The predicted octanol–water partition coefficient (Wildman–Crippen LogP) is 2.84. The lowest BCUT2D eigenvalue weighted by atomic mass is 10.1. The lowest BCUT2D eigenvalue weighted by molar-refractivity contribution is 0.0599. The van der Waals surface area contributed by atoms with Crippen LogP contribution in [0.5, 0.6) is 5.75 Å². The average Bonchev–Trinajstić information content (AvgIpc) is 2.60. The highest BCUT2D eigenvalue weighted by molar-refractivity contribution is 7.89. The summed E-state index contributed by atoms with van der Waals surface area (Å²) in [7, 11) is -2.53. The lowest BCUT2D eigenvalue weighted by Gasteiger charge is -2.16. The van der Waals surface area contributed by atoms with Crippen molar-refractivity contribution in [2.45, 2.75) is 31.7 Å². The first-order valence-electron chi connectivity index (χ1n) is 8.13. The van der Waals surface area contributed by atoms with E-state index in [1.807, 2.05) is 31.2 Å². The van der Waals surface area contributed by atoms with E-state index in [0.29, 0.717) is 11.3 Å². The summed E-state index contributed by atoms with van der Waals surface area (Å²) in [4.78, 5) is 11.8. The van der Waals surface area contributed by atoms with Gasteiger partial charge in [0.25, 0.3) is 0 Å². The summed E-state index contributed by atoms with van der Waals surface area (Å²) >= 11 is 0. The van der Waals surface area contributed by atoms with E-state index < -0.39 is 22.0 Å². The highest BCUT2D eigenvalue weighted by Gasteiger charge is 2.20. The van der Waals surface area contributed by atoms with Crippen molar-refractivity contribution in [3.63, 3.8) is 0 Å². The standard InChI is InChI=1S/C19H23NO5S/c1-13-5-8-16(9-6-13)25-12-15(3)20-26(22,23)17-10-7-14(2)18(11-17)19(21)24-4/h5-11,15,20H,12H2,1-4H3. The second-order valence-electron chi connectivity index (χ2n) is 6.11. The number of methoxy groups -OCH3 is 1. The number of carbonyl (C=O) groups is 1. The fourth-order valence-corrected chi connectivity index (χ4v) is 3.57. The van der Waals surface area contributed by atoms with Gasteiger partial charge in [0.2, 0.25) is 10.0 Å². The maximum absolute atomic E-state index is 12.6. The summed E-state index contributed by atoms with van der Waals surface area (Å²) in [5, 5.41) is 0. The molecule has 6 nitrogen and oxygen atoms in total. The summed E-state index contributed by atoms with van der Waals surface area (Å²) in [6.07, 6.45) is 0. The number of sulfonamides is 1. The number of rotatable bonds is 7. The lowest BCUT2D eigenvalue weighted by Crippen LogP contribution is -2.36. The first-order chi connectivity index (χ1) is 12.2. The summed E-state index contributed by atoms with van der Waals surface area (Å²) in [5.74, 6) is 0.0975. The minimum atomic E-state index is -3.79. The third-order valence-electron chi connectivity index (χ3n) is 3.80. The van der Waals surface area contributed by atoms with Crippen molar-refractivity contribution in [2.75, 3.05) is 13.7 Å². The van der Waals surface area contributed by atoms with Gasteiger partial charge in [-0.2, -0.15) is 0 Å².